The van der Waals surface area contributed by atoms with Crippen molar-refractivity contribution in [1.29, 1.82) is 0 Å². The van der Waals surface area contributed by atoms with Crippen LogP contribution in [0.3, 0.4) is 0 Å². The Morgan fingerprint density at radius 1 is 1.20 bits per heavy atom. The van der Waals surface area contributed by atoms with Crippen molar-refractivity contribution in [2.75, 3.05) is 0 Å². The van der Waals surface area contributed by atoms with Crippen LogP contribution < -0.4 is 0 Å². The molecule has 0 radical (unpaired) electrons. The average Bonchev–Trinajstić information content (AvgIpc) is 2.43. The number of Topliss-reactive ketones (excluding diaryl/α,β-unsaturated/α-hetero) is 1. The molecule has 0 bridgehead atoms. The van der Waals surface area contributed by atoms with E-state index in [0.717, 1.165) is 25.2 Å². The fourth-order valence-corrected chi connectivity index (χ4v) is 2.82. The maximum absolute atomic E-state index is 12.9. The minimum Gasteiger partial charge on any atom is -0.367 e. The third-order valence-electron chi connectivity index (χ3n) is 4.44. The average molecular weight is 278 g/mol. The van der Waals surface area contributed by atoms with Gasteiger partial charge in [0, 0.05) is 5.56 Å². The topological polar surface area (TPSA) is 26.3 Å². The highest BCUT2D eigenvalue weighted by Crippen LogP contribution is 2.31. The smallest absolute Gasteiger partial charge is 0.191 e. The molecule has 3 heteroatoms. The van der Waals surface area contributed by atoms with Gasteiger partial charge in [0.1, 0.15) is 11.9 Å². The molecule has 0 spiro atoms. The lowest BCUT2D eigenvalue weighted by molar-refractivity contribution is -0.0287. The van der Waals surface area contributed by atoms with Crippen LogP contribution in [0.15, 0.2) is 24.3 Å². The highest BCUT2D eigenvalue weighted by Gasteiger charge is 2.28. The van der Waals surface area contributed by atoms with Crippen LogP contribution in [0, 0.1) is 17.7 Å². The molecule has 0 heterocycles. The molecule has 2 rings (SSSR count). The van der Waals surface area contributed by atoms with Gasteiger partial charge in [-0.05, 0) is 62.3 Å². The van der Waals surface area contributed by atoms with Crippen LogP contribution in [0.5, 0.6) is 0 Å². The molecule has 0 aliphatic heterocycles. The van der Waals surface area contributed by atoms with Gasteiger partial charge < -0.3 is 4.74 Å². The number of benzene rings is 1. The second-order valence-electron chi connectivity index (χ2n) is 6.04. The third-order valence-corrected chi connectivity index (χ3v) is 4.44. The summed E-state index contributed by atoms with van der Waals surface area (Å²) in [6.07, 6.45) is 2.89. The van der Waals surface area contributed by atoms with Crippen LogP contribution in [0.1, 0.15) is 50.4 Å². The number of halogens is 1. The lowest BCUT2D eigenvalue weighted by Crippen LogP contribution is -2.32. The highest BCUT2D eigenvalue weighted by molar-refractivity contribution is 5.99. The third kappa shape index (κ3) is 3.66. The maximum atomic E-state index is 12.9. The molecule has 1 fully saturated rings. The first-order chi connectivity index (χ1) is 9.47. The quantitative estimate of drug-likeness (QED) is 0.770. The first-order valence-electron chi connectivity index (χ1n) is 7.42. The van der Waals surface area contributed by atoms with Gasteiger partial charge in [0.05, 0.1) is 6.10 Å². The Hall–Kier alpha value is -1.22. The molecule has 110 valence electrons. The Morgan fingerprint density at radius 3 is 2.45 bits per heavy atom. The standard InChI is InChI=1S/C17H23FO2/c1-11-4-9-16(10-12(11)2)20-13(3)17(19)14-5-7-15(18)8-6-14/h5-8,11-13,16H,4,9-10H2,1-3H3. The van der Waals surface area contributed by atoms with E-state index in [2.05, 4.69) is 13.8 Å². The number of carbonyl (C=O) groups is 1. The monoisotopic (exact) mass is 278 g/mol. The minimum absolute atomic E-state index is 0.0729. The molecular formula is C17H23FO2. The summed E-state index contributed by atoms with van der Waals surface area (Å²) in [4.78, 5) is 12.2. The van der Waals surface area contributed by atoms with E-state index in [1.165, 1.54) is 24.3 Å². The molecule has 1 aromatic rings. The van der Waals surface area contributed by atoms with Gasteiger partial charge in [-0.3, -0.25) is 4.79 Å². The van der Waals surface area contributed by atoms with Gasteiger partial charge in [-0.2, -0.15) is 0 Å². The van der Waals surface area contributed by atoms with E-state index in [1.54, 1.807) is 6.92 Å². The Labute approximate surface area is 120 Å². The van der Waals surface area contributed by atoms with Crippen LogP contribution in [0.25, 0.3) is 0 Å². The van der Waals surface area contributed by atoms with Gasteiger partial charge >= 0.3 is 0 Å². The normalized spacial score (nSPS) is 28.1. The predicted molar refractivity (Wildman–Crippen MR) is 77.2 cm³/mol. The van der Waals surface area contributed by atoms with Crippen LogP contribution in [0.2, 0.25) is 0 Å². The summed E-state index contributed by atoms with van der Waals surface area (Å²) in [6, 6.07) is 5.65. The van der Waals surface area contributed by atoms with Crippen molar-refractivity contribution in [2.24, 2.45) is 11.8 Å². The summed E-state index contributed by atoms with van der Waals surface area (Å²) < 4.78 is 18.8. The molecule has 1 aromatic carbocycles. The molecule has 1 saturated carbocycles. The summed E-state index contributed by atoms with van der Waals surface area (Å²) in [5, 5.41) is 0. The fourth-order valence-electron chi connectivity index (χ4n) is 2.82. The minimum atomic E-state index is -0.467. The van der Waals surface area contributed by atoms with Crippen LogP contribution in [-0.2, 0) is 4.74 Å². The summed E-state index contributed by atoms with van der Waals surface area (Å²) in [5.74, 6) is 0.973. The number of hydrogen-bond donors (Lipinski definition) is 0. The van der Waals surface area contributed by atoms with Crippen molar-refractivity contribution >= 4 is 5.78 Å². The van der Waals surface area contributed by atoms with Gasteiger partial charge in [0.25, 0.3) is 0 Å². The van der Waals surface area contributed by atoms with Gasteiger partial charge in [-0.25, -0.2) is 4.39 Å². The summed E-state index contributed by atoms with van der Waals surface area (Å²) in [7, 11) is 0. The fraction of sp³-hybridized carbons (Fsp3) is 0.588. The highest BCUT2D eigenvalue weighted by atomic mass is 19.1. The Balaban J connectivity index is 1.93. The number of ketones is 1. The number of ether oxygens (including phenoxy) is 1. The summed E-state index contributed by atoms with van der Waals surface area (Å²) >= 11 is 0. The van der Waals surface area contributed by atoms with E-state index in [9.17, 15) is 9.18 Å². The van der Waals surface area contributed by atoms with Gasteiger partial charge in [0.15, 0.2) is 5.78 Å². The van der Waals surface area contributed by atoms with E-state index < -0.39 is 6.10 Å². The van der Waals surface area contributed by atoms with E-state index in [-0.39, 0.29) is 17.7 Å². The zero-order valence-electron chi connectivity index (χ0n) is 12.4. The molecule has 1 aliphatic rings. The van der Waals surface area contributed by atoms with Crippen molar-refractivity contribution in [3.05, 3.63) is 35.6 Å². The maximum Gasteiger partial charge on any atom is 0.191 e. The molecule has 0 amide bonds. The van der Waals surface area contributed by atoms with E-state index in [0.29, 0.717) is 11.5 Å². The molecule has 2 nitrogen and oxygen atoms in total. The van der Waals surface area contributed by atoms with Gasteiger partial charge in [0.2, 0.25) is 0 Å². The SMILES string of the molecule is CC(OC1CCC(C)C(C)C1)C(=O)c1ccc(F)cc1. The molecular weight excluding hydrogens is 255 g/mol. The Bertz CT molecular complexity index is 455. The molecule has 0 saturated heterocycles. The largest absolute Gasteiger partial charge is 0.367 e. The second-order valence-corrected chi connectivity index (χ2v) is 6.04. The number of hydrogen-bond acceptors (Lipinski definition) is 2. The van der Waals surface area contributed by atoms with Crippen LogP contribution in [-0.4, -0.2) is 18.0 Å². The Kier molecular flexibility index (Phi) is 4.92. The molecule has 4 atom stereocenters. The van der Waals surface area contributed by atoms with Crippen LogP contribution in [0.4, 0.5) is 4.39 Å². The molecule has 0 N–H and O–H groups in total. The van der Waals surface area contributed by atoms with Crippen LogP contribution >= 0.6 is 0 Å². The zero-order valence-corrected chi connectivity index (χ0v) is 12.4. The van der Waals surface area contributed by atoms with Crippen molar-refractivity contribution in [1.82, 2.24) is 0 Å². The van der Waals surface area contributed by atoms with Gasteiger partial charge in [-0.1, -0.05) is 13.8 Å². The number of carbonyl (C=O) groups excluding carboxylic acids is 1. The van der Waals surface area contributed by atoms with E-state index >= 15 is 0 Å². The number of rotatable bonds is 4. The van der Waals surface area contributed by atoms with Crippen molar-refractivity contribution in [3.8, 4) is 0 Å². The zero-order chi connectivity index (χ0) is 14.7. The first-order valence-corrected chi connectivity index (χ1v) is 7.42. The molecule has 1 aliphatic carbocycles. The van der Waals surface area contributed by atoms with Crippen molar-refractivity contribution in [2.45, 2.75) is 52.2 Å². The molecule has 0 aromatic heterocycles. The van der Waals surface area contributed by atoms with E-state index in [4.69, 9.17) is 4.74 Å². The summed E-state index contributed by atoms with van der Waals surface area (Å²) in [5.41, 5.74) is 0.510. The molecule has 4 unspecified atom stereocenters. The van der Waals surface area contributed by atoms with Crippen molar-refractivity contribution in [3.63, 3.8) is 0 Å². The lowest BCUT2D eigenvalue weighted by atomic mass is 9.80. The lowest BCUT2D eigenvalue weighted by Gasteiger charge is -2.33. The van der Waals surface area contributed by atoms with Gasteiger partial charge in [-0.15, -0.1) is 0 Å². The Morgan fingerprint density at radius 2 is 1.85 bits per heavy atom. The first kappa shape index (κ1) is 15.2. The predicted octanol–water partition coefficient (Wildman–Crippen LogP) is 4.24. The van der Waals surface area contributed by atoms with Crippen molar-refractivity contribution < 1.29 is 13.9 Å². The summed E-state index contributed by atoms with van der Waals surface area (Å²) in [6.45, 7) is 6.30. The molecule has 20 heavy (non-hydrogen) atoms. The second kappa shape index (κ2) is 6.49. The van der Waals surface area contributed by atoms with E-state index in [1.807, 2.05) is 0 Å².